The number of hydrogen-bond donors (Lipinski definition) is 4. The van der Waals surface area contributed by atoms with Crippen molar-refractivity contribution < 1.29 is 28.5 Å². The van der Waals surface area contributed by atoms with Gasteiger partial charge in [0.1, 0.15) is 23.2 Å². The van der Waals surface area contributed by atoms with Crippen LogP contribution >= 0.6 is 23.2 Å². The molecular weight excluding hydrogens is 589 g/mol. The number of nitrogens with zero attached hydrogens (tertiary/aromatic N) is 8. The van der Waals surface area contributed by atoms with Crippen LogP contribution in [0.2, 0.25) is 10.6 Å². The average molecular weight is 619 g/mol. The van der Waals surface area contributed by atoms with Crippen LogP contribution in [0.25, 0.3) is 22.3 Å². The van der Waals surface area contributed by atoms with Gasteiger partial charge >= 0.3 is 0 Å². The van der Waals surface area contributed by atoms with Gasteiger partial charge < -0.3 is 31.2 Å². The zero-order chi connectivity index (χ0) is 28.9. The van der Waals surface area contributed by atoms with Gasteiger partial charge in [-0.3, -0.25) is 9.13 Å². The van der Waals surface area contributed by atoms with E-state index in [0.29, 0.717) is 11.2 Å². The summed E-state index contributed by atoms with van der Waals surface area (Å²) in [5.41, 5.74) is 12.6. The third-order valence-corrected chi connectivity index (χ3v) is 7.28. The highest BCUT2D eigenvalue weighted by Gasteiger charge is 2.46. The Labute approximate surface area is 242 Å². The molecule has 2 unspecified atom stereocenters. The quantitative estimate of drug-likeness (QED) is 0.244. The lowest BCUT2D eigenvalue weighted by molar-refractivity contribution is -0.0459. The van der Waals surface area contributed by atoms with Crippen LogP contribution in [0, 0.1) is 5.92 Å². The van der Waals surface area contributed by atoms with Gasteiger partial charge in [-0.25, -0.2) is 18.7 Å². The summed E-state index contributed by atoms with van der Waals surface area (Å²) in [5, 5.41) is 18.6. The van der Waals surface area contributed by atoms with E-state index in [-0.39, 0.29) is 52.8 Å². The predicted octanol–water partition coefficient (Wildman–Crippen LogP) is 2.63. The molecule has 4 aromatic rings. The molecule has 0 aromatic carbocycles. The van der Waals surface area contributed by atoms with Crippen molar-refractivity contribution >= 4 is 57.2 Å². The summed E-state index contributed by atoms with van der Waals surface area (Å²) in [6, 6.07) is 0. The Morgan fingerprint density at radius 3 is 1.76 bits per heavy atom. The standard InChI is InChI=1S/C12H15ClFN5O.C10H11ClFN5O3.CH4/c1-3-6-5(2)7(14)11(20-6)19-4-16-8-9(15)17-12(13)18-10(8)19;11-10-15-7(13)5-8(16-10)17(2-14-5)9-4(12)6(19)3(1-18)20-9;/h4-7,11H,3H2,1-2H3,(H2,15,17,18);2-4,6,9,18-19H,1H2,(H2,13,15,16);1H4/t5?,6-,7-,11-;3-,4-,6?,9-;/m11./s1. The zero-order valence-electron chi connectivity index (χ0n) is 21.1. The fraction of sp³-hybridized carbons (Fsp3) is 0.565. The molecule has 4 aromatic heterocycles. The van der Waals surface area contributed by atoms with Crippen molar-refractivity contribution in [2.24, 2.45) is 5.92 Å². The van der Waals surface area contributed by atoms with Crippen LogP contribution in [-0.2, 0) is 9.47 Å². The summed E-state index contributed by atoms with van der Waals surface area (Å²) < 4.78 is 42.3. The minimum Gasteiger partial charge on any atom is -0.394 e. The molecule has 41 heavy (non-hydrogen) atoms. The van der Waals surface area contributed by atoms with E-state index >= 15 is 0 Å². The largest absolute Gasteiger partial charge is 0.394 e. The van der Waals surface area contributed by atoms with Gasteiger partial charge in [0.2, 0.25) is 10.6 Å². The highest BCUT2D eigenvalue weighted by Crippen LogP contribution is 2.39. The molecule has 6 heterocycles. The van der Waals surface area contributed by atoms with Gasteiger partial charge in [-0.15, -0.1) is 0 Å². The van der Waals surface area contributed by atoms with E-state index in [1.807, 2.05) is 13.8 Å². The molecule has 6 rings (SSSR count). The first-order chi connectivity index (χ1) is 19.0. The third-order valence-electron chi connectivity index (χ3n) is 6.94. The summed E-state index contributed by atoms with van der Waals surface area (Å²) in [5.74, 6) is 0.0516. The molecule has 2 aliphatic heterocycles. The Balaban J connectivity index is 0.000000184. The lowest BCUT2D eigenvalue weighted by Gasteiger charge is -2.15. The van der Waals surface area contributed by atoms with Crippen molar-refractivity contribution in [3.05, 3.63) is 23.2 Å². The normalized spacial score (nSPS) is 29.5. The van der Waals surface area contributed by atoms with E-state index in [1.54, 1.807) is 0 Å². The van der Waals surface area contributed by atoms with E-state index < -0.39 is 43.6 Å². The maximum atomic E-state index is 14.4. The molecule has 18 heteroatoms. The van der Waals surface area contributed by atoms with Crippen molar-refractivity contribution in [1.29, 1.82) is 0 Å². The number of imidazole rings is 2. The van der Waals surface area contributed by atoms with Crippen LogP contribution in [0.5, 0.6) is 0 Å². The summed E-state index contributed by atoms with van der Waals surface area (Å²) >= 11 is 11.5. The second-order valence-electron chi connectivity index (χ2n) is 9.36. The highest BCUT2D eigenvalue weighted by atomic mass is 35.5. The molecule has 224 valence electrons. The van der Waals surface area contributed by atoms with Gasteiger partial charge in [0, 0.05) is 5.92 Å². The molecule has 0 amide bonds. The van der Waals surface area contributed by atoms with Crippen LogP contribution in [0.3, 0.4) is 0 Å². The van der Waals surface area contributed by atoms with Crippen LogP contribution in [-0.4, -0.2) is 86.5 Å². The molecule has 2 saturated heterocycles. The lowest BCUT2D eigenvalue weighted by Crippen LogP contribution is -2.30. The van der Waals surface area contributed by atoms with Crippen molar-refractivity contribution in [3.63, 3.8) is 0 Å². The van der Waals surface area contributed by atoms with Crippen LogP contribution in [0.1, 0.15) is 40.2 Å². The monoisotopic (exact) mass is 618 g/mol. The smallest absolute Gasteiger partial charge is 0.226 e. The highest BCUT2D eigenvalue weighted by molar-refractivity contribution is 6.29. The number of anilines is 2. The van der Waals surface area contributed by atoms with E-state index in [1.165, 1.54) is 21.8 Å². The summed E-state index contributed by atoms with van der Waals surface area (Å²) in [7, 11) is 0. The summed E-state index contributed by atoms with van der Waals surface area (Å²) in [6.07, 6.45) is -3.87. The number of hydrogen-bond acceptors (Lipinski definition) is 12. The third kappa shape index (κ3) is 5.47. The number of fused-ring (bicyclic) bond motifs is 2. The molecule has 0 saturated carbocycles. The zero-order valence-corrected chi connectivity index (χ0v) is 22.7. The molecule has 2 aliphatic rings. The molecule has 14 nitrogen and oxygen atoms in total. The van der Waals surface area contributed by atoms with Crippen molar-refractivity contribution in [1.82, 2.24) is 39.0 Å². The van der Waals surface area contributed by atoms with Gasteiger partial charge in [-0.2, -0.15) is 19.9 Å². The van der Waals surface area contributed by atoms with E-state index in [9.17, 15) is 13.9 Å². The molecule has 2 fully saturated rings. The van der Waals surface area contributed by atoms with E-state index in [0.717, 1.165) is 6.42 Å². The summed E-state index contributed by atoms with van der Waals surface area (Å²) in [6.45, 7) is 3.32. The Kier molecular flexibility index (Phi) is 9.10. The maximum Gasteiger partial charge on any atom is 0.226 e. The number of aliphatic hydroxyl groups excluding tert-OH is 2. The van der Waals surface area contributed by atoms with Crippen LogP contribution in [0.15, 0.2) is 12.7 Å². The fourth-order valence-corrected chi connectivity index (χ4v) is 5.14. The number of aromatic nitrogens is 8. The van der Waals surface area contributed by atoms with Gasteiger partial charge in [-0.05, 0) is 29.6 Å². The SMILES string of the molecule is C.CC[C@H]1O[C@@H](n2cnc3c(N)nc(Cl)nc32)[C@H](F)C1C.Nc1nc(Cl)nc2c1ncn2[C@@H]1O[C@H](CO)C(O)[C@H]1F. The molecule has 0 radical (unpaired) electrons. The van der Waals surface area contributed by atoms with Gasteiger partial charge in [0.05, 0.1) is 25.4 Å². The fourth-order valence-electron chi connectivity index (χ4n) is 4.80. The number of aliphatic hydroxyl groups is 2. The molecule has 0 bridgehead atoms. The lowest BCUT2D eigenvalue weighted by atomic mass is 10.00. The Morgan fingerprint density at radius 2 is 1.34 bits per heavy atom. The summed E-state index contributed by atoms with van der Waals surface area (Å²) in [4.78, 5) is 23.7. The second kappa shape index (κ2) is 12.1. The number of rotatable bonds is 4. The Bertz CT molecular complexity index is 1410. The van der Waals surface area contributed by atoms with Gasteiger partial charge in [0.25, 0.3) is 0 Å². The molecule has 0 aliphatic carbocycles. The average Bonchev–Trinajstić information content (AvgIpc) is 3.66. The molecule has 0 spiro atoms. The van der Waals surface area contributed by atoms with Crippen LogP contribution in [0.4, 0.5) is 20.4 Å². The predicted molar refractivity (Wildman–Crippen MR) is 146 cm³/mol. The first-order valence-corrected chi connectivity index (χ1v) is 13.0. The van der Waals surface area contributed by atoms with Crippen molar-refractivity contribution in [3.8, 4) is 0 Å². The first kappa shape index (κ1) is 30.9. The van der Waals surface area contributed by atoms with Gasteiger partial charge in [-0.1, -0.05) is 21.3 Å². The van der Waals surface area contributed by atoms with E-state index in [2.05, 4.69) is 29.9 Å². The molecule has 6 N–H and O–H groups in total. The van der Waals surface area contributed by atoms with Crippen LogP contribution < -0.4 is 11.5 Å². The Hall–Kier alpha value is -3.02. The number of nitrogen functional groups attached to an aromatic ring is 2. The number of alkyl halides is 2. The minimum atomic E-state index is -1.74. The number of halogens is 4. The van der Waals surface area contributed by atoms with Gasteiger partial charge in [0.15, 0.2) is 47.7 Å². The second-order valence-corrected chi connectivity index (χ2v) is 10.0. The first-order valence-electron chi connectivity index (χ1n) is 12.2. The van der Waals surface area contributed by atoms with Crippen molar-refractivity contribution in [2.45, 2.75) is 70.8 Å². The minimum absolute atomic E-state index is 0. The number of nitrogens with two attached hydrogens (primary N) is 2. The molecular formula is C23H30Cl2F2N10O4. The number of ether oxygens (including phenoxy) is 2. The molecule has 8 atom stereocenters. The maximum absolute atomic E-state index is 14.4. The Morgan fingerprint density at radius 1 is 0.878 bits per heavy atom. The van der Waals surface area contributed by atoms with Crippen molar-refractivity contribution in [2.75, 3.05) is 18.1 Å². The van der Waals surface area contributed by atoms with E-state index in [4.69, 9.17) is 49.2 Å². The topological polar surface area (TPSA) is 198 Å².